The number of amides is 1. The van der Waals surface area contributed by atoms with Crippen molar-refractivity contribution in [2.45, 2.75) is 25.1 Å². The Morgan fingerprint density at radius 2 is 2.00 bits per heavy atom. The van der Waals surface area contributed by atoms with Gasteiger partial charge < -0.3 is 13.9 Å². The molecule has 1 saturated heterocycles. The average molecular weight is 375 g/mol. The lowest BCUT2D eigenvalue weighted by Crippen LogP contribution is -2.56. The third-order valence-corrected chi connectivity index (χ3v) is 5.36. The fourth-order valence-electron chi connectivity index (χ4n) is 4.03. The van der Waals surface area contributed by atoms with Crippen molar-refractivity contribution < 1.29 is 14.3 Å². The van der Waals surface area contributed by atoms with Crippen LogP contribution in [0.15, 0.2) is 67.0 Å². The zero-order valence-electron chi connectivity index (χ0n) is 15.4. The van der Waals surface area contributed by atoms with E-state index in [4.69, 9.17) is 9.47 Å². The second-order valence-electron chi connectivity index (χ2n) is 7.17. The molecule has 5 rings (SSSR count). The number of fused-ring (bicyclic) bond motifs is 3. The standard InChI is InChI=1S/C22H21N3O3/c26-22(28-13-16-6-2-1-3-7-16)25-18-10-17(11-19(25)15-27-14-18)20-12-23-21-8-4-5-9-24(20)21/h1-10,12,18-19H,11,13-15H2. The highest BCUT2D eigenvalue weighted by Gasteiger charge is 2.39. The van der Waals surface area contributed by atoms with Crippen LogP contribution in [0.1, 0.15) is 17.7 Å². The number of nitrogens with zero attached hydrogens (tertiary/aromatic N) is 3. The second kappa shape index (κ2) is 7.13. The molecule has 1 fully saturated rings. The van der Waals surface area contributed by atoms with Crippen LogP contribution in [0.2, 0.25) is 0 Å². The number of hydrogen-bond acceptors (Lipinski definition) is 4. The molecule has 2 aliphatic heterocycles. The molecule has 6 heteroatoms. The van der Waals surface area contributed by atoms with E-state index in [0.29, 0.717) is 13.2 Å². The lowest BCUT2D eigenvalue weighted by molar-refractivity contribution is -0.0342. The van der Waals surface area contributed by atoms with Gasteiger partial charge in [-0.2, -0.15) is 0 Å². The molecule has 0 spiro atoms. The van der Waals surface area contributed by atoms with Crippen molar-refractivity contribution in [2.75, 3.05) is 13.2 Å². The summed E-state index contributed by atoms with van der Waals surface area (Å²) >= 11 is 0. The Morgan fingerprint density at radius 1 is 1.14 bits per heavy atom. The molecule has 2 aromatic heterocycles. The summed E-state index contributed by atoms with van der Waals surface area (Å²) < 4.78 is 13.4. The van der Waals surface area contributed by atoms with Crippen molar-refractivity contribution >= 4 is 17.3 Å². The molecule has 28 heavy (non-hydrogen) atoms. The molecule has 0 saturated carbocycles. The summed E-state index contributed by atoms with van der Waals surface area (Å²) in [5.41, 5.74) is 4.18. The summed E-state index contributed by atoms with van der Waals surface area (Å²) in [6, 6.07) is 15.6. The van der Waals surface area contributed by atoms with Gasteiger partial charge in [0.2, 0.25) is 0 Å². The monoisotopic (exact) mass is 375 g/mol. The Bertz CT molecular complexity index is 1030. The molecule has 4 heterocycles. The van der Waals surface area contributed by atoms with E-state index in [1.807, 2.05) is 65.8 Å². The Morgan fingerprint density at radius 3 is 2.86 bits per heavy atom. The first-order valence-corrected chi connectivity index (χ1v) is 9.49. The summed E-state index contributed by atoms with van der Waals surface area (Å²) in [4.78, 5) is 19.1. The van der Waals surface area contributed by atoms with Crippen molar-refractivity contribution in [3.05, 3.63) is 78.3 Å². The van der Waals surface area contributed by atoms with E-state index in [1.54, 1.807) is 0 Å². The van der Waals surface area contributed by atoms with E-state index in [0.717, 1.165) is 23.3 Å². The van der Waals surface area contributed by atoms with Gasteiger partial charge in [0.15, 0.2) is 0 Å². The van der Waals surface area contributed by atoms with Gasteiger partial charge in [0.05, 0.1) is 37.2 Å². The summed E-state index contributed by atoms with van der Waals surface area (Å²) in [6.45, 7) is 1.28. The Balaban J connectivity index is 1.38. The molecular weight excluding hydrogens is 354 g/mol. The van der Waals surface area contributed by atoms with E-state index in [-0.39, 0.29) is 24.8 Å². The van der Waals surface area contributed by atoms with E-state index in [1.165, 1.54) is 5.57 Å². The minimum atomic E-state index is -0.282. The van der Waals surface area contributed by atoms with Gasteiger partial charge in [-0.3, -0.25) is 4.90 Å². The van der Waals surface area contributed by atoms with Crippen LogP contribution in [-0.4, -0.2) is 45.7 Å². The Hall–Kier alpha value is -3.12. The Kier molecular flexibility index (Phi) is 4.33. The number of hydrogen-bond donors (Lipinski definition) is 0. The summed E-state index contributed by atoms with van der Waals surface area (Å²) in [7, 11) is 0. The van der Waals surface area contributed by atoms with Gasteiger partial charge in [-0.25, -0.2) is 9.78 Å². The molecule has 3 aromatic rings. The van der Waals surface area contributed by atoms with E-state index in [9.17, 15) is 4.79 Å². The predicted molar refractivity (Wildman–Crippen MR) is 105 cm³/mol. The predicted octanol–water partition coefficient (Wildman–Crippen LogP) is 3.53. The van der Waals surface area contributed by atoms with Gasteiger partial charge in [-0.15, -0.1) is 0 Å². The maximum Gasteiger partial charge on any atom is 0.411 e. The largest absolute Gasteiger partial charge is 0.445 e. The van der Waals surface area contributed by atoms with Crippen LogP contribution in [0.3, 0.4) is 0 Å². The minimum Gasteiger partial charge on any atom is -0.445 e. The van der Waals surface area contributed by atoms with Crippen LogP contribution in [0.5, 0.6) is 0 Å². The molecular formula is C22H21N3O3. The number of rotatable bonds is 3. The van der Waals surface area contributed by atoms with E-state index in [2.05, 4.69) is 15.5 Å². The SMILES string of the molecule is O=C(OCc1ccccc1)N1C2C=C(c3cnc4ccccn34)CC1COC2. The molecule has 1 aromatic carbocycles. The Labute approximate surface area is 163 Å². The number of aromatic nitrogens is 2. The number of pyridine rings is 1. The molecule has 2 aliphatic rings. The number of morpholine rings is 1. The van der Waals surface area contributed by atoms with Gasteiger partial charge in [0.1, 0.15) is 12.3 Å². The van der Waals surface area contributed by atoms with Crippen LogP contribution < -0.4 is 0 Å². The molecule has 0 aliphatic carbocycles. The molecule has 2 bridgehead atoms. The van der Waals surface area contributed by atoms with E-state index < -0.39 is 0 Å². The first kappa shape index (κ1) is 17.0. The summed E-state index contributed by atoms with van der Waals surface area (Å²) in [6.07, 6.45) is 6.48. The van der Waals surface area contributed by atoms with Gasteiger partial charge in [-0.05, 0) is 29.7 Å². The van der Waals surface area contributed by atoms with Gasteiger partial charge in [-0.1, -0.05) is 42.5 Å². The topological polar surface area (TPSA) is 56.1 Å². The van der Waals surface area contributed by atoms with E-state index >= 15 is 0 Å². The third kappa shape index (κ3) is 3.05. The highest BCUT2D eigenvalue weighted by Crippen LogP contribution is 2.33. The maximum absolute atomic E-state index is 12.8. The minimum absolute atomic E-state index is 0.0312. The molecule has 2 unspecified atom stereocenters. The van der Waals surface area contributed by atoms with Crippen molar-refractivity contribution in [2.24, 2.45) is 0 Å². The van der Waals surface area contributed by atoms with Crippen molar-refractivity contribution in [3.8, 4) is 0 Å². The third-order valence-electron chi connectivity index (χ3n) is 5.36. The molecule has 2 atom stereocenters. The van der Waals surface area contributed by atoms with Crippen LogP contribution in [0, 0.1) is 0 Å². The zero-order chi connectivity index (χ0) is 18.9. The molecule has 0 N–H and O–H groups in total. The van der Waals surface area contributed by atoms with Gasteiger partial charge in [0, 0.05) is 6.20 Å². The molecule has 6 nitrogen and oxygen atoms in total. The number of imidazole rings is 1. The van der Waals surface area contributed by atoms with Gasteiger partial charge in [0.25, 0.3) is 0 Å². The van der Waals surface area contributed by atoms with Crippen molar-refractivity contribution in [1.29, 1.82) is 0 Å². The lowest BCUT2D eigenvalue weighted by Gasteiger charge is -2.43. The number of carbonyl (C=O) groups excluding carboxylic acids is 1. The quantitative estimate of drug-likeness (QED) is 0.703. The van der Waals surface area contributed by atoms with Crippen LogP contribution in [-0.2, 0) is 16.1 Å². The lowest BCUT2D eigenvalue weighted by atomic mass is 9.93. The molecule has 0 radical (unpaired) electrons. The number of ether oxygens (including phenoxy) is 2. The fraction of sp³-hybridized carbons (Fsp3) is 0.273. The van der Waals surface area contributed by atoms with Crippen molar-refractivity contribution in [3.63, 3.8) is 0 Å². The summed E-state index contributed by atoms with van der Waals surface area (Å²) in [5, 5.41) is 0. The maximum atomic E-state index is 12.8. The van der Waals surface area contributed by atoms with Crippen LogP contribution >= 0.6 is 0 Å². The highest BCUT2D eigenvalue weighted by atomic mass is 16.6. The summed E-state index contributed by atoms with van der Waals surface area (Å²) in [5.74, 6) is 0. The number of benzene rings is 1. The second-order valence-corrected chi connectivity index (χ2v) is 7.17. The molecule has 1 amide bonds. The fourth-order valence-corrected chi connectivity index (χ4v) is 4.03. The first-order valence-electron chi connectivity index (χ1n) is 9.49. The molecule has 142 valence electrons. The normalized spacial score (nSPS) is 21.4. The van der Waals surface area contributed by atoms with Crippen molar-refractivity contribution in [1.82, 2.24) is 14.3 Å². The number of carbonyl (C=O) groups is 1. The van der Waals surface area contributed by atoms with Crippen LogP contribution in [0.4, 0.5) is 4.79 Å². The zero-order valence-corrected chi connectivity index (χ0v) is 15.4. The highest BCUT2D eigenvalue weighted by molar-refractivity contribution is 5.74. The first-order chi connectivity index (χ1) is 13.8. The smallest absolute Gasteiger partial charge is 0.411 e. The van der Waals surface area contributed by atoms with Gasteiger partial charge >= 0.3 is 6.09 Å². The average Bonchev–Trinajstić information content (AvgIpc) is 3.16. The van der Waals surface area contributed by atoms with Crippen LogP contribution in [0.25, 0.3) is 11.2 Å².